The minimum absolute atomic E-state index is 0.369. The molecular weight excluding hydrogens is 248 g/mol. The summed E-state index contributed by atoms with van der Waals surface area (Å²) in [6, 6.07) is -1.57. The molecule has 0 saturated heterocycles. The van der Waals surface area contributed by atoms with Crippen molar-refractivity contribution in [2.45, 2.75) is 50.6 Å². The van der Waals surface area contributed by atoms with Gasteiger partial charge in [-0.1, -0.05) is 6.42 Å². The van der Waals surface area contributed by atoms with Gasteiger partial charge in [0.2, 0.25) is 5.91 Å². The van der Waals surface area contributed by atoms with Gasteiger partial charge in [0, 0.05) is 0 Å². The lowest BCUT2D eigenvalue weighted by Crippen LogP contribution is -2.48. The van der Waals surface area contributed by atoms with E-state index in [1.165, 1.54) is 0 Å². The number of amides is 1. The van der Waals surface area contributed by atoms with Gasteiger partial charge in [0.05, 0.1) is 6.04 Å². The Labute approximate surface area is 113 Å². The number of carboxylic acid groups (broad SMARTS) is 1. The molecule has 1 amide bonds. The van der Waals surface area contributed by atoms with E-state index in [1.807, 2.05) is 0 Å². The molecule has 0 saturated carbocycles. The van der Waals surface area contributed by atoms with Gasteiger partial charge in [0.1, 0.15) is 6.04 Å². The first-order valence-corrected chi connectivity index (χ1v) is 6.71. The largest absolute Gasteiger partial charge is 0.480 e. The Bertz CT molecular complexity index is 274. The maximum Gasteiger partial charge on any atom is 0.326 e. The second-order valence-electron chi connectivity index (χ2n) is 4.57. The molecule has 0 heterocycles. The minimum Gasteiger partial charge on any atom is -0.480 e. The molecule has 0 rings (SSSR count). The van der Waals surface area contributed by atoms with Crippen LogP contribution in [0.3, 0.4) is 0 Å². The molecule has 19 heavy (non-hydrogen) atoms. The van der Waals surface area contributed by atoms with Crippen molar-refractivity contribution in [3.63, 3.8) is 0 Å². The van der Waals surface area contributed by atoms with Gasteiger partial charge in [-0.25, -0.2) is 4.79 Å². The summed E-state index contributed by atoms with van der Waals surface area (Å²) < 4.78 is 0. The van der Waals surface area contributed by atoms with Gasteiger partial charge >= 0.3 is 5.97 Å². The van der Waals surface area contributed by atoms with Crippen LogP contribution in [0.4, 0.5) is 0 Å². The minimum atomic E-state index is -1.04. The molecule has 0 spiro atoms. The Morgan fingerprint density at radius 2 is 1.53 bits per heavy atom. The molecule has 0 fully saturated rings. The van der Waals surface area contributed by atoms with Crippen LogP contribution in [0.15, 0.2) is 0 Å². The van der Waals surface area contributed by atoms with E-state index >= 15 is 0 Å². The van der Waals surface area contributed by atoms with Crippen LogP contribution in [0.1, 0.15) is 38.5 Å². The van der Waals surface area contributed by atoms with Crippen molar-refractivity contribution in [2.75, 3.05) is 13.1 Å². The second-order valence-corrected chi connectivity index (χ2v) is 4.57. The number of nitrogens with two attached hydrogens (primary N) is 3. The molecule has 0 bridgehead atoms. The zero-order chi connectivity index (χ0) is 14.7. The smallest absolute Gasteiger partial charge is 0.326 e. The SMILES string of the molecule is NCCCCC(N)C(=O)N[C@@H](CCCCN)C(=O)O. The number of unbranched alkanes of at least 4 members (excludes halogenated alkanes) is 2. The van der Waals surface area contributed by atoms with Crippen molar-refractivity contribution >= 4 is 11.9 Å². The van der Waals surface area contributed by atoms with Gasteiger partial charge in [-0.2, -0.15) is 0 Å². The Balaban J connectivity index is 4.11. The standard InChI is InChI=1S/C12H26N4O3/c13-7-3-1-5-9(15)11(17)16-10(12(18)19)6-2-4-8-14/h9-10H,1-8,13-15H2,(H,16,17)(H,18,19)/t9?,10-/m0/s1. The predicted octanol–water partition coefficient (Wildman–Crippen LogP) is -0.859. The van der Waals surface area contributed by atoms with E-state index in [4.69, 9.17) is 22.3 Å². The van der Waals surface area contributed by atoms with Gasteiger partial charge in [-0.05, 0) is 45.2 Å². The first-order chi connectivity index (χ1) is 9.02. The zero-order valence-corrected chi connectivity index (χ0v) is 11.3. The molecule has 0 aromatic rings. The highest BCUT2D eigenvalue weighted by molar-refractivity contribution is 5.86. The van der Waals surface area contributed by atoms with E-state index < -0.39 is 24.0 Å². The molecule has 7 heteroatoms. The van der Waals surface area contributed by atoms with E-state index in [-0.39, 0.29) is 0 Å². The van der Waals surface area contributed by atoms with Crippen LogP contribution in [0.25, 0.3) is 0 Å². The molecule has 8 N–H and O–H groups in total. The van der Waals surface area contributed by atoms with Crippen LogP contribution in [0.5, 0.6) is 0 Å². The van der Waals surface area contributed by atoms with Crippen molar-refractivity contribution in [3.05, 3.63) is 0 Å². The maximum atomic E-state index is 11.7. The fraction of sp³-hybridized carbons (Fsp3) is 0.833. The highest BCUT2D eigenvalue weighted by atomic mass is 16.4. The van der Waals surface area contributed by atoms with Gasteiger partial charge < -0.3 is 27.6 Å². The van der Waals surface area contributed by atoms with Crippen LogP contribution < -0.4 is 22.5 Å². The highest BCUT2D eigenvalue weighted by Gasteiger charge is 2.22. The summed E-state index contributed by atoms with van der Waals surface area (Å²) in [5, 5.41) is 11.5. The van der Waals surface area contributed by atoms with E-state index in [1.54, 1.807) is 0 Å². The van der Waals surface area contributed by atoms with Crippen molar-refractivity contribution in [1.82, 2.24) is 5.32 Å². The van der Waals surface area contributed by atoms with Crippen LogP contribution in [-0.2, 0) is 9.59 Å². The molecule has 0 aliphatic heterocycles. The van der Waals surface area contributed by atoms with E-state index in [9.17, 15) is 9.59 Å². The van der Waals surface area contributed by atoms with Crippen LogP contribution >= 0.6 is 0 Å². The Morgan fingerprint density at radius 1 is 1.00 bits per heavy atom. The lowest BCUT2D eigenvalue weighted by molar-refractivity contribution is -0.142. The second kappa shape index (κ2) is 10.7. The average molecular weight is 274 g/mol. The highest BCUT2D eigenvalue weighted by Crippen LogP contribution is 2.03. The summed E-state index contributed by atoms with van der Waals surface area (Å²) in [6.07, 6.45) is 3.85. The molecule has 7 nitrogen and oxygen atoms in total. The van der Waals surface area contributed by atoms with Gasteiger partial charge in [0.25, 0.3) is 0 Å². The first-order valence-electron chi connectivity index (χ1n) is 6.71. The van der Waals surface area contributed by atoms with Crippen LogP contribution in [-0.4, -0.2) is 42.2 Å². The number of nitrogens with one attached hydrogen (secondary N) is 1. The Kier molecular flexibility index (Phi) is 10.1. The third-order valence-corrected chi connectivity index (χ3v) is 2.87. The number of rotatable bonds is 11. The summed E-state index contributed by atoms with van der Waals surface area (Å²) in [5.41, 5.74) is 16.4. The number of aliphatic carboxylic acids is 1. The zero-order valence-electron chi connectivity index (χ0n) is 11.3. The quantitative estimate of drug-likeness (QED) is 0.310. The van der Waals surface area contributed by atoms with Gasteiger partial charge in [-0.15, -0.1) is 0 Å². The van der Waals surface area contributed by atoms with E-state index in [0.717, 1.165) is 19.3 Å². The molecule has 0 aromatic carbocycles. The molecule has 112 valence electrons. The summed E-state index contributed by atoms with van der Waals surface area (Å²) in [6.45, 7) is 1.07. The molecule has 0 radical (unpaired) electrons. The molecule has 2 atom stereocenters. The molecular formula is C12H26N4O3. The van der Waals surface area contributed by atoms with E-state index in [2.05, 4.69) is 5.32 Å². The van der Waals surface area contributed by atoms with Crippen molar-refractivity contribution in [3.8, 4) is 0 Å². The summed E-state index contributed by atoms with van der Waals surface area (Å²) in [5.74, 6) is -1.46. The van der Waals surface area contributed by atoms with Crippen molar-refractivity contribution in [1.29, 1.82) is 0 Å². The summed E-state index contributed by atoms with van der Waals surface area (Å²) in [7, 11) is 0. The van der Waals surface area contributed by atoms with Gasteiger partial charge in [0.15, 0.2) is 0 Å². The number of hydrogen-bond donors (Lipinski definition) is 5. The molecule has 1 unspecified atom stereocenters. The monoisotopic (exact) mass is 274 g/mol. The van der Waals surface area contributed by atoms with Crippen molar-refractivity contribution in [2.24, 2.45) is 17.2 Å². The lowest BCUT2D eigenvalue weighted by Gasteiger charge is -2.17. The van der Waals surface area contributed by atoms with Crippen LogP contribution in [0, 0.1) is 0 Å². The summed E-state index contributed by atoms with van der Waals surface area (Å²) >= 11 is 0. The topological polar surface area (TPSA) is 144 Å². The molecule has 0 aliphatic carbocycles. The third-order valence-electron chi connectivity index (χ3n) is 2.87. The van der Waals surface area contributed by atoms with Gasteiger partial charge in [-0.3, -0.25) is 4.79 Å². The number of carbonyl (C=O) groups excluding carboxylic acids is 1. The number of hydrogen-bond acceptors (Lipinski definition) is 5. The number of carbonyl (C=O) groups is 2. The normalized spacial score (nSPS) is 13.8. The fourth-order valence-electron chi connectivity index (χ4n) is 1.67. The Hall–Kier alpha value is -1.18. The maximum absolute atomic E-state index is 11.7. The average Bonchev–Trinajstić information content (AvgIpc) is 2.37. The summed E-state index contributed by atoms with van der Waals surface area (Å²) in [4.78, 5) is 22.7. The van der Waals surface area contributed by atoms with Crippen LogP contribution in [0.2, 0.25) is 0 Å². The van der Waals surface area contributed by atoms with E-state index in [0.29, 0.717) is 32.4 Å². The van der Waals surface area contributed by atoms with Crippen molar-refractivity contribution < 1.29 is 14.7 Å². The Morgan fingerprint density at radius 3 is 2.00 bits per heavy atom. The molecule has 0 aromatic heterocycles. The lowest BCUT2D eigenvalue weighted by atomic mass is 10.1. The number of carboxylic acids is 1. The first kappa shape index (κ1) is 17.8. The predicted molar refractivity (Wildman–Crippen MR) is 73.4 cm³/mol. The third kappa shape index (κ3) is 8.52. The molecule has 0 aliphatic rings. The fourth-order valence-corrected chi connectivity index (χ4v) is 1.67.